The molecule has 0 saturated carbocycles. The van der Waals surface area contributed by atoms with Gasteiger partial charge in [-0.1, -0.05) is 0 Å². The van der Waals surface area contributed by atoms with Crippen LogP contribution < -0.4 is 9.47 Å². The molecular weight excluding hydrogens is 276 g/mol. The number of Topliss-reactive ketones (excluding diaryl/α,β-unsaturated/α-hetero) is 1. The number of nitro benzene ring substituents is 1. The van der Waals surface area contributed by atoms with Crippen LogP contribution >= 0.6 is 0 Å². The van der Waals surface area contributed by atoms with Crippen molar-refractivity contribution in [2.24, 2.45) is 0 Å². The second-order valence-corrected chi connectivity index (χ2v) is 4.13. The number of pyridine rings is 1. The molecule has 0 bridgehead atoms. The normalized spacial score (nSPS) is 10.0. The van der Waals surface area contributed by atoms with Gasteiger partial charge in [0, 0.05) is 19.1 Å². The third-order valence-electron chi connectivity index (χ3n) is 2.69. The Kier molecular flexibility index (Phi) is 4.13. The molecule has 1 heterocycles. The molecule has 0 aliphatic heterocycles. The molecule has 7 heteroatoms. The van der Waals surface area contributed by atoms with Crippen molar-refractivity contribution >= 4 is 11.5 Å². The van der Waals surface area contributed by atoms with Crippen LogP contribution in [0.15, 0.2) is 36.5 Å². The van der Waals surface area contributed by atoms with Gasteiger partial charge in [0.15, 0.2) is 5.78 Å². The fourth-order valence-electron chi connectivity index (χ4n) is 1.63. The van der Waals surface area contributed by atoms with Crippen molar-refractivity contribution in [1.29, 1.82) is 0 Å². The Labute approximate surface area is 120 Å². The minimum atomic E-state index is -0.549. The van der Waals surface area contributed by atoms with Crippen molar-refractivity contribution in [3.05, 3.63) is 52.3 Å². The van der Waals surface area contributed by atoms with E-state index in [4.69, 9.17) is 9.47 Å². The minimum Gasteiger partial charge on any atom is -0.497 e. The Hall–Kier alpha value is -2.96. The number of ether oxygens (including phenoxy) is 2. The smallest absolute Gasteiger partial charge is 0.311 e. The van der Waals surface area contributed by atoms with Gasteiger partial charge >= 0.3 is 5.69 Å². The van der Waals surface area contributed by atoms with Gasteiger partial charge in [-0.15, -0.1) is 0 Å². The highest BCUT2D eigenvalue weighted by atomic mass is 16.6. The maximum absolute atomic E-state index is 11.1. The molecule has 21 heavy (non-hydrogen) atoms. The Balaban J connectivity index is 2.33. The first kappa shape index (κ1) is 14.4. The lowest BCUT2D eigenvalue weighted by Gasteiger charge is -2.08. The molecule has 108 valence electrons. The predicted molar refractivity (Wildman–Crippen MR) is 74.0 cm³/mol. The number of benzene rings is 1. The first-order valence-electron chi connectivity index (χ1n) is 5.98. The average molecular weight is 288 g/mol. The Morgan fingerprint density at radius 3 is 2.48 bits per heavy atom. The van der Waals surface area contributed by atoms with Crippen molar-refractivity contribution < 1.29 is 19.2 Å². The molecule has 0 radical (unpaired) electrons. The van der Waals surface area contributed by atoms with Gasteiger partial charge in [0.1, 0.15) is 17.2 Å². The fourth-order valence-corrected chi connectivity index (χ4v) is 1.63. The van der Waals surface area contributed by atoms with Crippen molar-refractivity contribution in [2.45, 2.75) is 6.92 Å². The van der Waals surface area contributed by atoms with Crippen LogP contribution in [-0.4, -0.2) is 22.8 Å². The summed E-state index contributed by atoms with van der Waals surface area (Å²) in [6.45, 7) is 1.40. The molecule has 2 rings (SSSR count). The molecule has 0 atom stereocenters. The highest BCUT2D eigenvalue weighted by molar-refractivity contribution is 5.92. The van der Waals surface area contributed by atoms with Gasteiger partial charge in [-0.05, 0) is 18.2 Å². The molecule has 0 spiro atoms. The molecular formula is C14H12N2O5. The first-order chi connectivity index (χ1) is 10.0. The Morgan fingerprint density at radius 2 is 1.95 bits per heavy atom. The summed E-state index contributed by atoms with van der Waals surface area (Å²) in [6.07, 6.45) is 1.33. The third kappa shape index (κ3) is 3.33. The number of carbonyl (C=O) groups excluding carboxylic acids is 1. The zero-order valence-electron chi connectivity index (χ0n) is 11.4. The lowest BCUT2D eigenvalue weighted by atomic mass is 10.2. The lowest BCUT2D eigenvalue weighted by molar-refractivity contribution is -0.385. The summed E-state index contributed by atoms with van der Waals surface area (Å²) in [5.74, 6) is 0.589. The molecule has 0 aliphatic carbocycles. The molecule has 0 fully saturated rings. The van der Waals surface area contributed by atoms with E-state index in [1.54, 1.807) is 0 Å². The number of hydrogen-bond donors (Lipinski definition) is 0. The van der Waals surface area contributed by atoms with E-state index < -0.39 is 4.92 Å². The molecule has 2 aromatic rings. The van der Waals surface area contributed by atoms with E-state index in [0.29, 0.717) is 11.4 Å². The van der Waals surface area contributed by atoms with Gasteiger partial charge in [0.25, 0.3) is 0 Å². The zero-order valence-corrected chi connectivity index (χ0v) is 11.4. The monoisotopic (exact) mass is 288 g/mol. The average Bonchev–Trinajstić information content (AvgIpc) is 2.47. The Morgan fingerprint density at radius 1 is 1.24 bits per heavy atom. The van der Waals surface area contributed by atoms with Crippen molar-refractivity contribution in [1.82, 2.24) is 4.98 Å². The van der Waals surface area contributed by atoms with Gasteiger partial charge in [-0.3, -0.25) is 14.9 Å². The standard InChI is InChI=1S/C14H12N2O5/c1-9(17)12-5-3-11(8-15-12)21-14-7-10(20-2)4-6-13(14)16(18)19/h3-8H,1-2H3. The van der Waals surface area contributed by atoms with Crippen LogP contribution in [0.25, 0.3) is 0 Å². The van der Waals surface area contributed by atoms with Crippen LogP contribution in [0, 0.1) is 10.1 Å². The molecule has 0 amide bonds. The summed E-state index contributed by atoms with van der Waals surface area (Å²) >= 11 is 0. The highest BCUT2D eigenvalue weighted by Crippen LogP contribution is 2.34. The van der Waals surface area contributed by atoms with Crippen LogP contribution in [0.5, 0.6) is 17.2 Å². The van der Waals surface area contributed by atoms with Gasteiger partial charge in [0.2, 0.25) is 5.75 Å². The van der Waals surface area contributed by atoms with Crippen molar-refractivity contribution in [3.8, 4) is 17.2 Å². The van der Waals surface area contributed by atoms with Crippen molar-refractivity contribution in [2.75, 3.05) is 7.11 Å². The van der Waals surface area contributed by atoms with Crippen LogP contribution in [0.2, 0.25) is 0 Å². The van der Waals surface area contributed by atoms with Crippen LogP contribution in [0.3, 0.4) is 0 Å². The number of nitro groups is 1. The van der Waals surface area contributed by atoms with E-state index in [1.165, 1.54) is 50.6 Å². The summed E-state index contributed by atoms with van der Waals surface area (Å²) in [4.78, 5) is 25.5. The SMILES string of the molecule is COc1ccc([N+](=O)[O-])c(Oc2ccc(C(C)=O)nc2)c1. The number of ketones is 1. The molecule has 7 nitrogen and oxygen atoms in total. The second kappa shape index (κ2) is 6.00. The van der Waals surface area contributed by atoms with Crippen LogP contribution in [-0.2, 0) is 0 Å². The molecule has 0 unspecified atom stereocenters. The summed E-state index contributed by atoms with van der Waals surface area (Å²) in [5.41, 5.74) is 0.105. The molecule has 0 N–H and O–H groups in total. The van der Waals surface area contributed by atoms with E-state index >= 15 is 0 Å². The number of methoxy groups -OCH3 is 1. The topological polar surface area (TPSA) is 91.6 Å². The van der Waals surface area contributed by atoms with Crippen LogP contribution in [0.1, 0.15) is 17.4 Å². The highest BCUT2D eigenvalue weighted by Gasteiger charge is 2.17. The number of carbonyl (C=O) groups is 1. The summed E-state index contributed by atoms with van der Waals surface area (Å²) in [5, 5.41) is 11.0. The number of aromatic nitrogens is 1. The molecule has 1 aromatic carbocycles. The zero-order chi connectivity index (χ0) is 15.4. The van der Waals surface area contributed by atoms with Gasteiger partial charge in [-0.25, -0.2) is 4.98 Å². The number of rotatable bonds is 5. The lowest BCUT2D eigenvalue weighted by Crippen LogP contribution is -1.97. The van der Waals surface area contributed by atoms with Crippen molar-refractivity contribution in [3.63, 3.8) is 0 Å². The number of nitrogens with zero attached hydrogens (tertiary/aromatic N) is 2. The van der Waals surface area contributed by atoms with E-state index in [9.17, 15) is 14.9 Å². The maximum Gasteiger partial charge on any atom is 0.311 e. The first-order valence-corrected chi connectivity index (χ1v) is 5.98. The Bertz CT molecular complexity index is 682. The quantitative estimate of drug-likeness (QED) is 0.477. The molecule has 0 saturated heterocycles. The second-order valence-electron chi connectivity index (χ2n) is 4.13. The van der Waals surface area contributed by atoms with Gasteiger partial charge in [-0.2, -0.15) is 0 Å². The fraction of sp³-hybridized carbons (Fsp3) is 0.143. The minimum absolute atomic E-state index is 0.0386. The van der Waals surface area contributed by atoms with Gasteiger partial charge in [0.05, 0.1) is 18.2 Å². The summed E-state index contributed by atoms with van der Waals surface area (Å²) in [6, 6.07) is 7.20. The number of hydrogen-bond acceptors (Lipinski definition) is 6. The van der Waals surface area contributed by atoms with E-state index in [2.05, 4.69) is 4.98 Å². The van der Waals surface area contributed by atoms with Crippen LogP contribution in [0.4, 0.5) is 5.69 Å². The largest absolute Gasteiger partial charge is 0.497 e. The molecule has 0 aliphatic rings. The summed E-state index contributed by atoms with van der Waals surface area (Å²) < 4.78 is 10.5. The molecule has 1 aromatic heterocycles. The maximum atomic E-state index is 11.1. The predicted octanol–water partition coefficient (Wildman–Crippen LogP) is 2.99. The van der Waals surface area contributed by atoms with E-state index in [1.807, 2.05) is 0 Å². The van der Waals surface area contributed by atoms with Gasteiger partial charge < -0.3 is 9.47 Å². The third-order valence-corrected chi connectivity index (χ3v) is 2.69. The van der Waals surface area contributed by atoms with E-state index in [0.717, 1.165) is 0 Å². The summed E-state index contributed by atoms with van der Waals surface area (Å²) in [7, 11) is 1.45. The van der Waals surface area contributed by atoms with E-state index in [-0.39, 0.29) is 23.0 Å².